The van der Waals surface area contributed by atoms with E-state index in [0.717, 1.165) is 50.3 Å². The summed E-state index contributed by atoms with van der Waals surface area (Å²) >= 11 is 0. The topological polar surface area (TPSA) is 21.1 Å². The summed E-state index contributed by atoms with van der Waals surface area (Å²) < 4.78 is 15.8. The lowest BCUT2D eigenvalue weighted by Gasteiger charge is -2.28. The highest BCUT2D eigenvalue weighted by atomic mass is 19.1. The van der Waals surface area contributed by atoms with Crippen molar-refractivity contribution in [1.82, 2.24) is 14.5 Å². The molecule has 0 spiro atoms. The number of para-hydroxylation sites is 1. The van der Waals surface area contributed by atoms with Crippen LogP contribution in [0.25, 0.3) is 10.9 Å². The Hall–Kier alpha value is -2.98. The number of benzene rings is 2. The number of nitrogens with zero attached hydrogens (tertiary/aromatic N) is 3. The summed E-state index contributed by atoms with van der Waals surface area (Å²) in [4.78, 5) is 6.99. The van der Waals surface area contributed by atoms with E-state index < -0.39 is 0 Å². The van der Waals surface area contributed by atoms with E-state index in [1.54, 1.807) is 12.1 Å². The van der Waals surface area contributed by atoms with Gasteiger partial charge < -0.3 is 4.57 Å². The average Bonchev–Trinajstić information content (AvgIpc) is 3.08. The quantitative estimate of drug-likeness (QED) is 0.491. The highest BCUT2D eigenvalue weighted by molar-refractivity contribution is 5.86. The SMILES string of the molecule is Fc1ccc(Cn2c3c(c4ccccc42)CCN(CCc2ccccn2)C3)cc1. The highest BCUT2D eigenvalue weighted by Gasteiger charge is 2.23. The van der Waals surface area contributed by atoms with Gasteiger partial charge in [-0.05, 0) is 47.9 Å². The van der Waals surface area contributed by atoms with Crippen molar-refractivity contribution in [1.29, 1.82) is 0 Å². The zero-order valence-electron chi connectivity index (χ0n) is 16.4. The van der Waals surface area contributed by atoms with Crippen LogP contribution in [0.4, 0.5) is 4.39 Å². The molecule has 0 saturated heterocycles. The minimum absolute atomic E-state index is 0.186. The van der Waals surface area contributed by atoms with Gasteiger partial charge in [0.15, 0.2) is 0 Å². The molecule has 146 valence electrons. The number of aromatic nitrogens is 2. The molecule has 3 heterocycles. The molecule has 1 aliphatic heterocycles. The maximum absolute atomic E-state index is 13.3. The van der Waals surface area contributed by atoms with Crippen molar-refractivity contribution < 1.29 is 4.39 Å². The molecular weight excluding hydrogens is 361 g/mol. The molecule has 0 radical (unpaired) electrons. The van der Waals surface area contributed by atoms with Crippen molar-refractivity contribution >= 4 is 10.9 Å². The third-order valence-corrected chi connectivity index (χ3v) is 5.91. The van der Waals surface area contributed by atoms with Crippen molar-refractivity contribution in [2.75, 3.05) is 13.1 Å². The van der Waals surface area contributed by atoms with Crippen LogP contribution in [0.5, 0.6) is 0 Å². The summed E-state index contributed by atoms with van der Waals surface area (Å²) in [5.74, 6) is -0.186. The Labute approximate surface area is 170 Å². The van der Waals surface area contributed by atoms with E-state index in [1.165, 1.54) is 22.2 Å². The molecule has 0 unspecified atom stereocenters. The highest BCUT2D eigenvalue weighted by Crippen LogP contribution is 2.31. The fraction of sp³-hybridized carbons (Fsp3) is 0.240. The Kier molecular flexibility index (Phi) is 4.86. The van der Waals surface area contributed by atoms with Crippen molar-refractivity contribution in [3.05, 3.63) is 101 Å². The Balaban J connectivity index is 1.44. The fourth-order valence-electron chi connectivity index (χ4n) is 4.41. The molecule has 0 amide bonds. The van der Waals surface area contributed by atoms with Gasteiger partial charge in [0.1, 0.15) is 5.82 Å². The van der Waals surface area contributed by atoms with Crippen molar-refractivity contribution in [2.45, 2.75) is 25.9 Å². The molecule has 4 aromatic rings. The van der Waals surface area contributed by atoms with Gasteiger partial charge in [0, 0.05) is 61.1 Å². The van der Waals surface area contributed by atoms with Gasteiger partial charge in [-0.25, -0.2) is 4.39 Å². The van der Waals surface area contributed by atoms with Crippen molar-refractivity contribution in [3.63, 3.8) is 0 Å². The van der Waals surface area contributed by atoms with Gasteiger partial charge >= 0.3 is 0 Å². The zero-order valence-corrected chi connectivity index (χ0v) is 16.4. The first kappa shape index (κ1) is 18.1. The average molecular weight is 385 g/mol. The summed E-state index contributed by atoms with van der Waals surface area (Å²) in [7, 11) is 0. The first-order chi connectivity index (χ1) is 14.3. The van der Waals surface area contributed by atoms with Crippen LogP contribution in [0.15, 0.2) is 72.9 Å². The summed E-state index contributed by atoms with van der Waals surface area (Å²) in [6, 6.07) is 21.7. The van der Waals surface area contributed by atoms with E-state index in [2.05, 4.69) is 50.8 Å². The fourth-order valence-corrected chi connectivity index (χ4v) is 4.41. The van der Waals surface area contributed by atoms with Crippen LogP contribution in [0.2, 0.25) is 0 Å². The maximum Gasteiger partial charge on any atom is 0.123 e. The smallest absolute Gasteiger partial charge is 0.123 e. The zero-order chi connectivity index (χ0) is 19.6. The second kappa shape index (κ2) is 7.80. The monoisotopic (exact) mass is 385 g/mol. The number of pyridine rings is 1. The summed E-state index contributed by atoms with van der Waals surface area (Å²) in [5.41, 5.74) is 6.40. The molecule has 0 aliphatic carbocycles. The van der Waals surface area contributed by atoms with E-state index in [4.69, 9.17) is 0 Å². The predicted octanol–water partition coefficient (Wildman–Crippen LogP) is 4.82. The van der Waals surface area contributed by atoms with E-state index in [1.807, 2.05) is 24.4 Å². The third-order valence-electron chi connectivity index (χ3n) is 5.91. The predicted molar refractivity (Wildman–Crippen MR) is 114 cm³/mol. The molecule has 3 nitrogen and oxygen atoms in total. The minimum Gasteiger partial charge on any atom is -0.339 e. The lowest BCUT2D eigenvalue weighted by molar-refractivity contribution is 0.250. The van der Waals surface area contributed by atoms with Gasteiger partial charge in [0.05, 0.1) is 0 Å². The lowest BCUT2D eigenvalue weighted by Crippen LogP contribution is -2.33. The molecule has 1 aliphatic rings. The second-order valence-electron chi connectivity index (χ2n) is 7.75. The Morgan fingerprint density at radius 3 is 2.59 bits per heavy atom. The van der Waals surface area contributed by atoms with Gasteiger partial charge in [0.2, 0.25) is 0 Å². The molecule has 2 aromatic carbocycles. The van der Waals surface area contributed by atoms with E-state index in [-0.39, 0.29) is 5.82 Å². The van der Waals surface area contributed by atoms with Crippen molar-refractivity contribution in [2.24, 2.45) is 0 Å². The number of hydrogen-bond donors (Lipinski definition) is 0. The molecule has 0 saturated carbocycles. The van der Waals surface area contributed by atoms with E-state index in [0.29, 0.717) is 0 Å². The maximum atomic E-state index is 13.3. The van der Waals surface area contributed by atoms with E-state index >= 15 is 0 Å². The third kappa shape index (κ3) is 3.68. The normalized spacial score (nSPS) is 14.2. The molecule has 0 N–H and O–H groups in total. The van der Waals surface area contributed by atoms with Gasteiger partial charge in [-0.3, -0.25) is 9.88 Å². The van der Waals surface area contributed by atoms with Gasteiger partial charge in [0.25, 0.3) is 0 Å². The lowest BCUT2D eigenvalue weighted by atomic mass is 10.0. The summed E-state index contributed by atoms with van der Waals surface area (Å²) in [6.07, 6.45) is 3.90. The molecule has 5 rings (SSSR count). The standard InChI is InChI=1S/C25H24FN3/c26-20-10-8-19(9-11-20)17-29-24-7-2-1-6-22(24)23-13-16-28(18-25(23)29)15-12-21-5-3-4-14-27-21/h1-11,14H,12-13,15-18H2. The van der Waals surface area contributed by atoms with Crippen LogP contribution in [-0.4, -0.2) is 27.5 Å². The Morgan fingerprint density at radius 1 is 0.931 bits per heavy atom. The van der Waals surface area contributed by atoms with Crippen LogP contribution in [0.1, 0.15) is 22.5 Å². The molecule has 4 heteroatoms. The molecular formula is C25H24FN3. The Morgan fingerprint density at radius 2 is 1.76 bits per heavy atom. The van der Waals surface area contributed by atoms with Gasteiger partial charge in [-0.1, -0.05) is 36.4 Å². The number of rotatable bonds is 5. The number of hydrogen-bond acceptors (Lipinski definition) is 2. The molecule has 2 aromatic heterocycles. The molecule has 0 fully saturated rings. The second-order valence-corrected chi connectivity index (χ2v) is 7.75. The first-order valence-corrected chi connectivity index (χ1v) is 10.2. The van der Waals surface area contributed by atoms with Crippen LogP contribution in [0.3, 0.4) is 0 Å². The van der Waals surface area contributed by atoms with E-state index in [9.17, 15) is 4.39 Å². The van der Waals surface area contributed by atoms with Crippen LogP contribution >= 0.6 is 0 Å². The minimum atomic E-state index is -0.186. The van der Waals surface area contributed by atoms with Gasteiger partial charge in [-0.15, -0.1) is 0 Å². The van der Waals surface area contributed by atoms with Crippen LogP contribution in [0, 0.1) is 5.82 Å². The van der Waals surface area contributed by atoms with Crippen LogP contribution in [-0.2, 0) is 25.9 Å². The summed E-state index contributed by atoms with van der Waals surface area (Å²) in [6.45, 7) is 3.79. The van der Waals surface area contributed by atoms with Crippen LogP contribution < -0.4 is 0 Å². The summed E-state index contributed by atoms with van der Waals surface area (Å²) in [5, 5.41) is 1.36. The molecule has 0 atom stereocenters. The molecule has 0 bridgehead atoms. The van der Waals surface area contributed by atoms with Gasteiger partial charge in [-0.2, -0.15) is 0 Å². The number of fused-ring (bicyclic) bond motifs is 3. The number of halogens is 1. The molecule has 29 heavy (non-hydrogen) atoms. The van der Waals surface area contributed by atoms with Crippen molar-refractivity contribution in [3.8, 4) is 0 Å². The first-order valence-electron chi connectivity index (χ1n) is 10.2. The Bertz CT molecular complexity index is 1120. The largest absolute Gasteiger partial charge is 0.339 e.